The van der Waals surface area contributed by atoms with E-state index < -0.39 is 0 Å². The minimum Gasteiger partial charge on any atom is -0.326 e. The highest BCUT2D eigenvalue weighted by Crippen LogP contribution is 2.25. The number of benzene rings is 1. The van der Waals surface area contributed by atoms with Crippen LogP contribution in [0.2, 0.25) is 0 Å². The van der Waals surface area contributed by atoms with E-state index in [0.29, 0.717) is 6.42 Å². The van der Waals surface area contributed by atoms with Crippen LogP contribution in [0, 0.1) is 0 Å². The van der Waals surface area contributed by atoms with Gasteiger partial charge in [-0.2, -0.15) is 0 Å². The zero-order valence-corrected chi connectivity index (χ0v) is 12.0. The van der Waals surface area contributed by atoms with Gasteiger partial charge in [-0.25, -0.2) is 0 Å². The lowest BCUT2D eigenvalue weighted by atomic mass is 10.0. The molecule has 1 aromatic rings. The molecule has 2 rings (SSSR count). The third-order valence-corrected chi connectivity index (χ3v) is 2.46. The first-order valence-corrected chi connectivity index (χ1v) is 6.63. The van der Waals surface area contributed by atoms with E-state index in [4.69, 9.17) is 0 Å². The molecule has 0 bridgehead atoms. The summed E-state index contributed by atoms with van der Waals surface area (Å²) in [6, 6.07) is 5.91. The molecule has 1 heterocycles. The van der Waals surface area contributed by atoms with Crippen LogP contribution >= 0.6 is 15.9 Å². The van der Waals surface area contributed by atoms with Crippen LogP contribution in [0.3, 0.4) is 0 Å². The standard InChI is InChI=1S/C9H8BrNO.2C2H6/c10-7-2-3-8-6(5-7)1-4-9(12)11-8;2*1-2/h2-3,5H,1,4H2,(H,11,12);2*1-2H3. The summed E-state index contributed by atoms with van der Waals surface area (Å²) in [6.07, 6.45) is 1.45. The molecule has 90 valence electrons. The summed E-state index contributed by atoms with van der Waals surface area (Å²) >= 11 is 3.39. The SMILES string of the molecule is CC.CC.O=C1CCc2cc(Br)ccc2N1. The fourth-order valence-electron chi connectivity index (χ4n) is 1.35. The number of amides is 1. The van der Waals surface area contributed by atoms with Crippen molar-refractivity contribution in [3.05, 3.63) is 28.2 Å². The van der Waals surface area contributed by atoms with Gasteiger partial charge in [0.15, 0.2) is 0 Å². The Morgan fingerprint density at radius 3 is 2.38 bits per heavy atom. The Hall–Kier alpha value is -0.830. The van der Waals surface area contributed by atoms with Gasteiger partial charge in [-0.3, -0.25) is 4.79 Å². The lowest BCUT2D eigenvalue weighted by molar-refractivity contribution is -0.116. The van der Waals surface area contributed by atoms with Crippen molar-refractivity contribution in [1.29, 1.82) is 0 Å². The second kappa shape index (κ2) is 8.34. The van der Waals surface area contributed by atoms with Crippen molar-refractivity contribution in [2.75, 3.05) is 5.32 Å². The molecule has 0 spiro atoms. The van der Waals surface area contributed by atoms with E-state index in [0.717, 1.165) is 16.6 Å². The number of hydrogen-bond acceptors (Lipinski definition) is 1. The van der Waals surface area contributed by atoms with Crippen LogP contribution in [0.4, 0.5) is 5.69 Å². The highest BCUT2D eigenvalue weighted by Gasteiger charge is 2.13. The molecule has 0 radical (unpaired) electrons. The predicted molar refractivity (Wildman–Crippen MR) is 73.8 cm³/mol. The van der Waals surface area contributed by atoms with Crippen LogP contribution < -0.4 is 5.32 Å². The Bertz CT molecular complexity index is 337. The molecule has 0 aliphatic carbocycles. The first-order valence-electron chi connectivity index (χ1n) is 5.84. The number of fused-ring (bicyclic) bond motifs is 1. The average Bonchev–Trinajstić information content (AvgIpc) is 2.35. The summed E-state index contributed by atoms with van der Waals surface area (Å²) in [5.41, 5.74) is 2.17. The molecule has 1 N–H and O–H groups in total. The van der Waals surface area contributed by atoms with Crippen molar-refractivity contribution in [3.8, 4) is 0 Å². The van der Waals surface area contributed by atoms with Crippen LogP contribution in [0.15, 0.2) is 22.7 Å². The van der Waals surface area contributed by atoms with Crippen LogP contribution in [-0.4, -0.2) is 5.91 Å². The molecule has 0 aromatic heterocycles. The average molecular weight is 286 g/mol. The number of halogens is 1. The van der Waals surface area contributed by atoms with Gasteiger partial charge in [0.25, 0.3) is 0 Å². The minimum atomic E-state index is 0.116. The van der Waals surface area contributed by atoms with Gasteiger partial charge >= 0.3 is 0 Å². The number of carbonyl (C=O) groups excluding carboxylic acids is 1. The quantitative estimate of drug-likeness (QED) is 0.753. The normalized spacial score (nSPS) is 12.2. The summed E-state index contributed by atoms with van der Waals surface area (Å²) in [5.74, 6) is 0.116. The van der Waals surface area contributed by atoms with Gasteiger partial charge in [0.1, 0.15) is 0 Å². The van der Waals surface area contributed by atoms with E-state index in [1.54, 1.807) is 0 Å². The van der Waals surface area contributed by atoms with E-state index in [2.05, 4.69) is 27.3 Å². The first-order chi connectivity index (χ1) is 7.75. The summed E-state index contributed by atoms with van der Waals surface area (Å²) in [4.78, 5) is 11.0. The molecule has 1 aliphatic rings. The second-order valence-corrected chi connectivity index (χ2v) is 3.77. The smallest absolute Gasteiger partial charge is 0.224 e. The molecule has 1 aromatic carbocycles. The van der Waals surface area contributed by atoms with E-state index >= 15 is 0 Å². The topological polar surface area (TPSA) is 29.1 Å². The fourth-order valence-corrected chi connectivity index (χ4v) is 1.76. The largest absolute Gasteiger partial charge is 0.326 e. The van der Waals surface area contributed by atoms with E-state index in [-0.39, 0.29) is 5.91 Å². The number of anilines is 1. The van der Waals surface area contributed by atoms with Gasteiger partial charge in [0.05, 0.1) is 0 Å². The van der Waals surface area contributed by atoms with Gasteiger partial charge in [-0.05, 0) is 30.2 Å². The molecule has 16 heavy (non-hydrogen) atoms. The Kier molecular flexibility index (Phi) is 7.90. The Labute approximate surface area is 107 Å². The van der Waals surface area contributed by atoms with E-state index in [1.165, 1.54) is 5.56 Å². The van der Waals surface area contributed by atoms with Crippen LogP contribution in [0.1, 0.15) is 39.7 Å². The molecular weight excluding hydrogens is 266 g/mol. The highest BCUT2D eigenvalue weighted by molar-refractivity contribution is 9.10. The predicted octanol–water partition coefficient (Wildman–Crippen LogP) is 4.39. The highest BCUT2D eigenvalue weighted by atomic mass is 79.9. The second-order valence-electron chi connectivity index (χ2n) is 2.85. The van der Waals surface area contributed by atoms with Crippen LogP contribution in [-0.2, 0) is 11.2 Å². The minimum absolute atomic E-state index is 0.116. The fraction of sp³-hybridized carbons (Fsp3) is 0.462. The van der Waals surface area contributed by atoms with Gasteiger partial charge in [-0.1, -0.05) is 43.6 Å². The Morgan fingerprint density at radius 1 is 1.12 bits per heavy atom. The zero-order chi connectivity index (χ0) is 12.6. The monoisotopic (exact) mass is 285 g/mol. The molecule has 2 nitrogen and oxygen atoms in total. The molecule has 0 fully saturated rings. The molecule has 0 unspecified atom stereocenters. The number of carbonyl (C=O) groups is 1. The number of rotatable bonds is 0. The van der Waals surface area contributed by atoms with Crippen molar-refractivity contribution in [1.82, 2.24) is 0 Å². The third kappa shape index (κ3) is 4.35. The van der Waals surface area contributed by atoms with Crippen molar-refractivity contribution in [2.24, 2.45) is 0 Å². The summed E-state index contributed by atoms with van der Waals surface area (Å²) in [7, 11) is 0. The van der Waals surface area contributed by atoms with Crippen molar-refractivity contribution >= 4 is 27.5 Å². The summed E-state index contributed by atoms with van der Waals surface area (Å²) < 4.78 is 1.07. The zero-order valence-electron chi connectivity index (χ0n) is 10.4. The molecule has 0 saturated heterocycles. The lowest BCUT2D eigenvalue weighted by Gasteiger charge is -2.16. The molecule has 0 saturated carbocycles. The van der Waals surface area contributed by atoms with Crippen molar-refractivity contribution in [2.45, 2.75) is 40.5 Å². The van der Waals surface area contributed by atoms with Crippen molar-refractivity contribution < 1.29 is 4.79 Å². The van der Waals surface area contributed by atoms with Crippen LogP contribution in [0.25, 0.3) is 0 Å². The van der Waals surface area contributed by atoms with Crippen LogP contribution in [0.5, 0.6) is 0 Å². The summed E-state index contributed by atoms with van der Waals surface area (Å²) in [6.45, 7) is 8.00. The molecule has 3 heteroatoms. The van der Waals surface area contributed by atoms with Crippen molar-refractivity contribution in [3.63, 3.8) is 0 Å². The maximum atomic E-state index is 11.0. The van der Waals surface area contributed by atoms with Gasteiger partial charge in [-0.15, -0.1) is 0 Å². The summed E-state index contributed by atoms with van der Waals surface area (Å²) in [5, 5.41) is 2.83. The first kappa shape index (κ1) is 15.2. The molecular formula is C13H20BrNO. The van der Waals surface area contributed by atoms with Gasteiger partial charge in [0, 0.05) is 16.6 Å². The van der Waals surface area contributed by atoms with E-state index in [1.807, 2.05) is 39.8 Å². The Morgan fingerprint density at radius 2 is 1.75 bits per heavy atom. The maximum Gasteiger partial charge on any atom is 0.224 e. The number of hydrogen-bond donors (Lipinski definition) is 1. The van der Waals surface area contributed by atoms with E-state index in [9.17, 15) is 4.79 Å². The lowest BCUT2D eigenvalue weighted by Crippen LogP contribution is -2.18. The number of nitrogens with one attached hydrogen (secondary N) is 1. The molecule has 1 aliphatic heterocycles. The Balaban J connectivity index is 0.000000509. The molecule has 0 atom stereocenters. The third-order valence-electron chi connectivity index (χ3n) is 1.96. The van der Waals surface area contributed by atoms with Gasteiger partial charge < -0.3 is 5.32 Å². The number of aryl methyl sites for hydroxylation is 1. The molecule has 1 amide bonds. The maximum absolute atomic E-state index is 11.0. The van der Waals surface area contributed by atoms with Gasteiger partial charge in [0.2, 0.25) is 5.91 Å².